The highest BCUT2D eigenvalue weighted by Crippen LogP contribution is 2.40. The van der Waals surface area contributed by atoms with E-state index in [2.05, 4.69) is 84.7 Å². The van der Waals surface area contributed by atoms with Gasteiger partial charge in [0.1, 0.15) is 11.6 Å². The number of rotatable bonds is 11. The maximum atomic E-state index is 6.01. The van der Waals surface area contributed by atoms with Crippen molar-refractivity contribution in [1.29, 1.82) is 0 Å². The molecule has 0 aliphatic carbocycles. The second kappa shape index (κ2) is 10.2. The minimum Gasteiger partial charge on any atom is -0.494 e. The van der Waals surface area contributed by atoms with Crippen molar-refractivity contribution in [3.05, 3.63) is 72.8 Å². The molecule has 0 spiro atoms. The summed E-state index contributed by atoms with van der Waals surface area (Å²) in [5.74, 6) is 1.83. The molecule has 0 atom stereocenters. The van der Waals surface area contributed by atoms with E-state index in [1.807, 2.05) is 0 Å². The quantitative estimate of drug-likeness (QED) is 0.150. The number of nitrogens with zero attached hydrogens (tertiary/aromatic N) is 1. The Hall–Kier alpha value is -3.59. The maximum Gasteiger partial charge on any atom is 0.138 e. The fourth-order valence-corrected chi connectivity index (χ4v) is 5.60. The summed E-state index contributed by atoms with van der Waals surface area (Å²) in [5, 5.41) is 7.60. The van der Waals surface area contributed by atoms with E-state index in [4.69, 9.17) is 9.72 Å². The molecule has 3 heteroatoms. The average molecular weight is 475 g/mol. The molecule has 1 aromatic heterocycles. The number of nitrogens with one attached hydrogen (secondary N) is 1. The Kier molecular flexibility index (Phi) is 6.46. The molecule has 0 amide bonds. The minimum atomic E-state index is 0.787. The van der Waals surface area contributed by atoms with Crippen molar-refractivity contribution in [1.82, 2.24) is 9.97 Å². The zero-order valence-electron chi connectivity index (χ0n) is 21.1. The molecule has 6 rings (SSSR count). The van der Waals surface area contributed by atoms with Gasteiger partial charge >= 0.3 is 0 Å². The van der Waals surface area contributed by atoms with Gasteiger partial charge in [0, 0.05) is 16.3 Å². The SMILES string of the molecule is CCCCCCCCCCOc1ccc(-c2nc3c4cccc5ccc6cccc(c3[nH]2)c6c54)cc1. The van der Waals surface area contributed by atoms with Gasteiger partial charge in [-0.05, 0) is 52.2 Å². The van der Waals surface area contributed by atoms with E-state index >= 15 is 0 Å². The summed E-state index contributed by atoms with van der Waals surface area (Å²) in [7, 11) is 0. The van der Waals surface area contributed by atoms with Crippen LogP contribution < -0.4 is 4.74 Å². The third-order valence-corrected chi connectivity index (χ3v) is 7.51. The number of aromatic amines is 1. The second-order valence-corrected chi connectivity index (χ2v) is 10.0. The first-order valence-electron chi connectivity index (χ1n) is 13.6. The van der Waals surface area contributed by atoms with Crippen LogP contribution in [-0.4, -0.2) is 16.6 Å². The van der Waals surface area contributed by atoms with Crippen LogP contribution in [0, 0.1) is 0 Å². The zero-order chi connectivity index (χ0) is 24.3. The molecule has 1 N–H and O–H groups in total. The molecule has 0 aliphatic rings. The lowest BCUT2D eigenvalue weighted by Crippen LogP contribution is -1.97. The monoisotopic (exact) mass is 474 g/mol. The van der Waals surface area contributed by atoms with Crippen LogP contribution in [0.3, 0.4) is 0 Å². The van der Waals surface area contributed by atoms with E-state index < -0.39 is 0 Å². The van der Waals surface area contributed by atoms with Gasteiger partial charge in [-0.1, -0.05) is 100 Å². The van der Waals surface area contributed by atoms with Gasteiger partial charge in [-0.25, -0.2) is 4.98 Å². The molecule has 0 bridgehead atoms. The smallest absolute Gasteiger partial charge is 0.138 e. The molecule has 5 aromatic carbocycles. The summed E-state index contributed by atoms with van der Waals surface area (Å²) >= 11 is 0. The topological polar surface area (TPSA) is 37.9 Å². The lowest BCUT2D eigenvalue weighted by molar-refractivity contribution is 0.304. The molecule has 0 fully saturated rings. The zero-order valence-corrected chi connectivity index (χ0v) is 21.1. The van der Waals surface area contributed by atoms with Crippen LogP contribution in [0.2, 0.25) is 0 Å². The van der Waals surface area contributed by atoms with Gasteiger partial charge in [-0.2, -0.15) is 0 Å². The molecule has 0 saturated carbocycles. The largest absolute Gasteiger partial charge is 0.494 e. The predicted octanol–water partition coefficient (Wildman–Crippen LogP) is 9.65. The molecule has 6 aromatic rings. The highest BCUT2D eigenvalue weighted by atomic mass is 16.5. The summed E-state index contributed by atoms with van der Waals surface area (Å²) in [5.41, 5.74) is 3.22. The number of imidazole rings is 1. The lowest BCUT2D eigenvalue weighted by atomic mass is 9.93. The van der Waals surface area contributed by atoms with Gasteiger partial charge in [0.25, 0.3) is 0 Å². The van der Waals surface area contributed by atoms with Crippen LogP contribution in [0.5, 0.6) is 5.75 Å². The Morgan fingerprint density at radius 3 is 2.03 bits per heavy atom. The Bertz CT molecular complexity index is 1510. The molecule has 0 saturated heterocycles. The van der Waals surface area contributed by atoms with Crippen molar-refractivity contribution in [3.63, 3.8) is 0 Å². The first-order chi connectivity index (χ1) is 17.8. The first kappa shape index (κ1) is 22.8. The number of hydrogen-bond acceptors (Lipinski definition) is 2. The van der Waals surface area contributed by atoms with Gasteiger partial charge in [0.15, 0.2) is 0 Å². The summed E-state index contributed by atoms with van der Waals surface area (Å²) < 4.78 is 6.01. The minimum absolute atomic E-state index is 0.787. The molecule has 0 aliphatic heterocycles. The van der Waals surface area contributed by atoms with Gasteiger partial charge in [0.05, 0.1) is 17.6 Å². The molecular formula is C33H34N2O. The third kappa shape index (κ3) is 4.28. The van der Waals surface area contributed by atoms with Crippen LogP contribution in [0.4, 0.5) is 0 Å². The number of hydrogen-bond donors (Lipinski definition) is 1. The highest BCUT2D eigenvalue weighted by molar-refractivity contribution is 6.32. The summed E-state index contributed by atoms with van der Waals surface area (Å²) in [6.07, 6.45) is 10.5. The van der Waals surface area contributed by atoms with Gasteiger partial charge in [0.2, 0.25) is 0 Å². The summed E-state index contributed by atoms with van der Waals surface area (Å²) in [4.78, 5) is 8.73. The Morgan fingerprint density at radius 1 is 0.667 bits per heavy atom. The summed E-state index contributed by atoms with van der Waals surface area (Å²) in [6, 6.07) is 25.9. The van der Waals surface area contributed by atoms with Crippen molar-refractivity contribution in [2.45, 2.75) is 58.3 Å². The number of aromatic nitrogens is 2. The van der Waals surface area contributed by atoms with E-state index in [9.17, 15) is 0 Å². The van der Waals surface area contributed by atoms with E-state index in [0.29, 0.717) is 0 Å². The maximum absolute atomic E-state index is 6.01. The fourth-order valence-electron chi connectivity index (χ4n) is 5.60. The van der Waals surface area contributed by atoms with Crippen LogP contribution in [-0.2, 0) is 0 Å². The molecular weight excluding hydrogens is 440 g/mol. The van der Waals surface area contributed by atoms with Crippen molar-refractivity contribution in [3.8, 4) is 17.1 Å². The molecule has 3 nitrogen and oxygen atoms in total. The molecule has 1 heterocycles. The predicted molar refractivity (Wildman–Crippen MR) is 153 cm³/mol. The molecule has 36 heavy (non-hydrogen) atoms. The fraction of sp³-hybridized carbons (Fsp3) is 0.303. The number of ether oxygens (including phenoxy) is 1. The molecule has 182 valence electrons. The van der Waals surface area contributed by atoms with Crippen LogP contribution >= 0.6 is 0 Å². The van der Waals surface area contributed by atoms with Crippen molar-refractivity contribution in [2.24, 2.45) is 0 Å². The number of fused-ring (bicyclic) bond motifs is 3. The highest BCUT2D eigenvalue weighted by Gasteiger charge is 2.16. The van der Waals surface area contributed by atoms with Crippen molar-refractivity contribution >= 4 is 43.4 Å². The Balaban J connectivity index is 1.20. The first-order valence-corrected chi connectivity index (χ1v) is 13.6. The third-order valence-electron chi connectivity index (χ3n) is 7.51. The van der Waals surface area contributed by atoms with Crippen LogP contribution in [0.1, 0.15) is 58.3 Å². The molecule has 0 radical (unpaired) electrons. The summed E-state index contributed by atoms with van der Waals surface area (Å²) in [6.45, 7) is 3.06. The van der Waals surface area contributed by atoms with Gasteiger partial charge < -0.3 is 9.72 Å². The average Bonchev–Trinajstić information content (AvgIpc) is 3.38. The van der Waals surface area contributed by atoms with E-state index in [0.717, 1.165) is 41.2 Å². The van der Waals surface area contributed by atoms with Crippen LogP contribution in [0.25, 0.3) is 54.7 Å². The number of benzene rings is 5. The lowest BCUT2D eigenvalue weighted by Gasteiger charge is -2.11. The Morgan fingerprint density at radius 2 is 1.31 bits per heavy atom. The van der Waals surface area contributed by atoms with E-state index in [1.165, 1.54) is 77.3 Å². The van der Waals surface area contributed by atoms with Crippen molar-refractivity contribution in [2.75, 3.05) is 6.61 Å². The Labute approximate surface area is 212 Å². The second-order valence-electron chi connectivity index (χ2n) is 10.0. The van der Waals surface area contributed by atoms with Crippen molar-refractivity contribution < 1.29 is 4.74 Å². The molecule has 0 unspecified atom stereocenters. The number of H-pyrrole nitrogens is 1. The van der Waals surface area contributed by atoms with Gasteiger partial charge in [-0.15, -0.1) is 0 Å². The standard InChI is InChI=1S/C33H34N2O/c1-2-3-4-5-6-7-8-9-22-36-26-20-18-25(19-21-26)33-34-31-27-14-10-12-23-16-17-24-13-11-15-28(32(31)35-33)30(24)29(23)27/h10-21H,2-9,22H2,1H3,(H,34,35). The van der Waals surface area contributed by atoms with E-state index in [1.54, 1.807) is 0 Å². The van der Waals surface area contributed by atoms with Crippen LogP contribution in [0.15, 0.2) is 72.8 Å². The number of unbranched alkanes of at least 4 members (excludes halogenated alkanes) is 7. The van der Waals surface area contributed by atoms with Gasteiger partial charge in [-0.3, -0.25) is 0 Å². The van der Waals surface area contributed by atoms with E-state index in [-0.39, 0.29) is 0 Å². The normalized spacial score (nSPS) is 11.9.